The predicted octanol–water partition coefficient (Wildman–Crippen LogP) is 4.05. The van der Waals surface area contributed by atoms with Gasteiger partial charge in [-0.3, -0.25) is 0 Å². The van der Waals surface area contributed by atoms with Crippen molar-refractivity contribution < 1.29 is 4.74 Å². The van der Waals surface area contributed by atoms with Crippen LogP contribution in [0.3, 0.4) is 0 Å². The van der Waals surface area contributed by atoms with Crippen LogP contribution < -0.4 is 5.32 Å². The first kappa shape index (κ1) is 15.7. The van der Waals surface area contributed by atoms with Crippen molar-refractivity contribution >= 4 is 15.9 Å². The van der Waals surface area contributed by atoms with E-state index in [0.717, 1.165) is 32.7 Å². The Bertz CT molecular complexity index is 341. The van der Waals surface area contributed by atoms with E-state index in [1.54, 1.807) is 0 Å². The monoisotopic (exact) mass is 313 g/mol. The molecule has 0 spiro atoms. The van der Waals surface area contributed by atoms with Gasteiger partial charge in [-0.25, -0.2) is 0 Å². The second-order valence-corrected chi connectivity index (χ2v) is 5.45. The van der Waals surface area contributed by atoms with E-state index < -0.39 is 0 Å². The van der Waals surface area contributed by atoms with Crippen LogP contribution in [0.2, 0.25) is 0 Å². The highest BCUT2D eigenvalue weighted by molar-refractivity contribution is 9.10. The second kappa shape index (κ2) is 9.54. The minimum Gasteiger partial charge on any atom is -0.381 e. The minimum atomic E-state index is 0.863. The SMILES string of the molecule is CCCCOCCCNCc1ccc(C)cc1Br. The van der Waals surface area contributed by atoms with Gasteiger partial charge in [-0.15, -0.1) is 0 Å². The Morgan fingerprint density at radius 3 is 2.72 bits per heavy atom. The fraction of sp³-hybridized carbons (Fsp3) is 0.600. The number of rotatable bonds is 9. The van der Waals surface area contributed by atoms with Crippen LogP contribution in [0.5, 0.6) is 0 Å². The number of nitrogens with one attached hydrogen (secondary N) is 1. The topological polar surface area (TPSA) is 21.3 Å². The molecule has 3 heteroatoms. The average molecular weight is 314 g/mol. The Morgan fingerprint density at radius 1 is 1.22 bits per heavy atom. The van der Waals surface area contributed by atoms with Gasteiger partial charge in [0, 0.05) is 24.2 Å². The Morgan fingerprint density at radius 2 is 2.00 bits per heavy atom. The molecule has 0 aliphatic heterocycles. The molecule has 0 unspecified atom stereocenters. The predicted molar refractivity (Wildman–Crippen MR) is 80.9 cm³/mol. The number of aryl methyl sites for hydroxylation is 1. The fourth-order valence-corrected chi connectivity index (χ4v) is 2.30. The van der Waals surface area contributed by atoms with Crippen LogP contribution in [0.1, 0.15) is 37.3 Å². The summed E-state index contributed by atoms with van der Waals surface area (Å²) < 4.78 is 6.71. The van der Waals surface area contributed by atoms with Gasteiger partial charge in [0.1, 0.15) is 0 Å². The summed E-state index contributed by atoms with van der Waals surface area (Å²) in [6.07, 6.45) is 3.45. The van der Waals surface area contributed by atoms with Crippen molar-refractivity contribution in [2.45, 2.75) is 39.7 Å². The smallest absolute Gasteiger partial charge is 0.0478 e. The van der Waals surface area contributed by atoms with Crippen LogP contribution in [-0.4, -0.2) is 19.8 Å². The molecule has 0 bridgehead atoms. The maximum atomic E-state index is 5.52. The first-order valence-corrected chi connectivity index (χ1v) is 7.57. The molecule has 2 nitrogen and oxygen atoms in total. The molecule has 18 heavy (non-hydrogen) atoms. The van der Waals surface area contributed by atoms with E-state index in [-0.39, 0.29) is 0 Å². The number of ether oxygens (including phenoxy) is 1. The van der Waals surface area contributed by atoms with Gasteiger partial charge in [0.15, 0.2) is 0 Å². The van der Waals surface area contributed by atoms with Crippen molar-refractivity contribution in [2.24, 2.45) is 0 Å². The Balaban J connectivity index is 2.07. The van der Waals surface area contributed by atoms with Crippen LogP contribution in [0.25, 0.3) is 0 Å². The molecule has 1 N–H and O–H groups in total. The molecule has 0 aromatic heterocycles. The molecule has 0 heterocycles. The van der Waals surface area contributed by atoms with Gasteiger partial charge in [-0.2, -0.15) is 0 Å². The summed E-state index contributed by atoms with van der Waals surface area (Å²) in [6, 6.07) is 6.48. The molecule has 0 aliphatic carbocycles. The van der Waals surface area contributed by atoms with Gasteiger partial charge in [-0.1, -0.05) is 41.4 Å². The standard InChI is InChI=1S/C15H24BrNO/c1-3-4-9-18-10-5-8-17-12-14-7-6-13(2)11-15(14)16/h6-7,11,17H,3-5,8-10,12H2,1-2H3. The highest BCUT2D eigenvalue weighted by Gasteiger charge is 1.99. The van der Waals surface area contributed by atoms with E-state index in [1.807, 2.05) is 0 Å². The lowest BCUT2D eigenvalue weighted by Gasteiger charge is -2.08. The minimum absolute atomic E-state index is 0.863. The average Bonchev–Trinajstić information content (AvgIpc) is 2.35. The summed E-state index contributed by atoms with van der Waals surface area (Å²) in [5.41, 5.74) is 2.60. The highest BCUT2D eigenvalue weighted by atomic mass is 79.9. The molecule has 1 aromatic rings. The number of benzene rings is 1. The van der Waals surface area contributed by atoms with Gasteiger partial charge in [-0.05, 0) is 43.5 Å². The Hall–Kier alpha value is -0.380. The molecule has 0 atom stereocenters. The van der Waals surface area contributed by atoms with Crippen molar-refractivity contribution in [3.8, 4) is 0 Å². The van der Waals surface area contributed by atoms with E-state index in [1.165, 1.54) is 28.4 Å². The van der Waals surface area contributed by atoms with Crippen molar-refractivity contribution in [3.63, 3.8) is 0 Å². The zero-order valence-electron chi connectivity index (χ0n) is 11.5. The summed E-state index contributed by atoms with van der Waals surface area (Å²) in [5.74, 6) is 0. The van der Waals surface area contributed by atoms with Gasteiger partial charge in [0.2, 0.25) is 0 Å². The maximum Gasteiger partial charge on any atom is 0.0478 e. The number of hydrogen-bond donors (Lipinski definition) is 1. The molecule has 102 valence electrons. The fourth-order valence-electron chi connectivity index (χ4n) is 1.67. The Kier molecular flexibility index (Phi) is 8.31. The molecule has 0 saturated heterocycles. The van der Waals surface area contributed by atoms with Crippen LogP contribution >= 0.6 is 15.9 Å². The lowest BCUT2D eigenvalue weighted by molar-refractivity contribution is 0.129. The zero-order valence-corrected chi connectivity index (χ0v) is 13.1. The van der Waals surface area contributed by atoms with E-state index in [2.05, 4.69) is 53.3 Å². The number of unbranched alkanes of at least 4 members (excludes halogenated alkanes) is 1. The van der Waals surface area contributed by atoms with Crippen molar-refractivity contribution in [2.75, 3.05) is 19.8 Å². The summed E-state index contributed by atoms with van der Waals surface area (Å²) in [4.78, 5) is 0. The van der Waals surface area contributed by atoms with Gasteiger partial charge >= 0.3 is 0 Å². The first-order valence-electron chi connectivity index (χ1n) is 6.77. The summed E-state index contributed by atoms with van der Waals surface area (Å²) in [6.45, 7) is 7.98. The van der Waals surface area contributed by atoms with Gasteiger partial charge < -0.3 is 10.1 Å². The molecule has 0 aliphatic rings. The summed E-state index contributed by atoms with van der Waals surface area (Å²) in [5, 5.41) is 3.44. The molecule has 0 radical (unpaired) electrons. The Labute approximate surface area is 119 Å². The third-order valence-electron chi connectivity index (χ3n) is 2.81. The largest absolute Gasteiger partial charge is 0.381 e. The van der Waals surface area contributed by atoms with Crippen LogP contribution in [0.4, 0.5) is 0 Å². The summed E-state index contributed by atoms with van der Waals surface area (Å²) >= 11 is 3.59. The van der Waals surface area contributed by atoms with Gasteiger partial charge in [0.25, 0.3) is 0 Å². The van der Waals surface area contributed by atoms with Gasteiger partial charge in [0.05, 0.1) is 0 Å². The second-order valence-electron chi connectivity index (χ2n) is 4.59. The third kappa shape index (κ3) is 6.53. The van der Waals surface area contributed by atoms with Crippen LogP contribution in [0, 0.1) is 6.92 Å². The van der Waals surface area contributed by atoms with Crippen LogP contribution in [-0.2, 0) is 11.3 Å². The molecule has 0 amide bonds. The lowest BCUT2D eigenvalue weighted by atomic mass is 10.1. The van der Waals surface area contributed by atoms with Crippen LogP contribution in [0.15, 0.2) is 22.7 Å². The molecule has 0 saturated carbocycles. The van der Waals surface area contributed by atoms with Crippen molar-refractivity contribution in [1.29, 1.82) is 0 Å². The third-order valence-corrected chi connectivity index (χ3v) is 3.55. The molecule has 1 rings (SSSR count). The van der Waals surface area contributed by atoms with E-state index in [9.17, 15) is 0 Å². The first-order chi connectivity index (χ1) is 8.74. The van der Waals surface area contributed by atoms with E-state index in [4.69, 9.17) is 4.74 Å². The molecule has 0 fully saturated rings. The van der Waals surface area contributed by atoms with E-state index >= 15 is 0 Å². The molecular weight excluding hydrogens is 290 g/mol. The van der Waals surface area contributed by atoms with Crippen molar-refractivity contribution in [3.05, 3.63) is 33.8 Å². The number of hydrogen-bond acceptors (Lipinski definition) is 2. The number of halogens is 1. The normalized spacial score (nSPS) is 10.8. The highest BCUT2D eigenvalue weighted by Crippen LogP contribution is 2.17. The summed E-state index contributed by atoms with van der Waals surface area (Å²) in [7, 11) is 0. The molecular formula is C15H24BrNO. The van der Waals surface area contributed by atoms with E-state index in [0.29, 0.717) is 0 Å². The van der Waals surface area contributed by atoms with Crippen molar-refractivity contribution in [1.82, 2.24) is 5.32 Å². The lowest BCUT2D eigenvalue weighted by Crippen LogP contribution is -2.16. The zero-order chi connectivity index (χ0) is 13.2. The molecule has 1 aromatic carbocycles. The quantitative estimate of drug-likeness (QED) is 0.694. The maximum absolute atomic E-state index is 5.52.